The number of hydrogen-bond donors (Lipinski definition) is 0. The minimum atomic E-state index is -4.60. The molecule has 32 heavy (non-hydrogen) atoms. The van der Waals surface area contributed by atoms with E-state index in [1.165, 1.54) is 4.68 Å². The van der Waals surface area contributed by atoms with Crippen LogP contribution in [0.1, 0.15) is 23.0 Å². The summed E-state index contributed by atoms with van der Waals surface area (Å²) in [4.78, 5) is 16.9. The van der Waals surface area contributed by atoms with Crippen molar-refractivity contribution in [1.29, 1.82) is 0 Å². The highest BCUT2D eigenvalue weighted by Gasteiger charge is 2.35. The van der Waals surface area contributed by atoms with Crippen molar-refractivity contribution in [2.75, 3.05) is 32.7 Å². The van der Waals surface area contributed by atoms with E-state index in [1.54, 1.807) is 53.4 Å². The molecule has 3 aromatic rings. The fourth-order valence-electron chi connectivity index (χ4n) is 3.77. The largest absolute Gasteiger partial charge is 0.435 e. The molecule has 0 unspecified atom stereocenters. The van der Waals surface area contributed by atoms with E-state index in [4.69, 9.17) is 11.6 Å². The Morgan fingerprint density at radius 1 is 1.03 bits per heavy atom. The Morgan fingerprint density at radius 3 is 2.28 bits per heavy atom. The lowest BCUT2D eigenvalue weighted by Crippen LogP contribution is -2.48. The summed E-state index contributed by atoms with van der Waals surface area (Å²) in [7, 11) is 0. The maximum atomic E-state index is 13.4. The predicted molar refractivity (Wildman–Crippen MR) is 117 cm³/mol. The Morgan fingerprint density at radius 2 is 1.69 bits per heavy atom. The number of amides is 1. The quantitative estimate of drug-likeness (QED) is 0.548. The van der Waals surface area contributed by atoms with Crippen molar-refractivity contribution in [1.82, 2.24) is 19.6 Å². The number of piperazine rings is 1. The molecule has 0 radical (unpaired) electrons. The third-order valence-corrected chi connectivity index (χ3v) is 5.93. The number of alkyl halides is 3. The van der Waals surface area contributed by atoms with Crippen LogP contribution in [0.15, 0.2) is 54.6 Å². The molecule has 2 aromatic carbocycles. The van der Waals surface area contributed by atoms with Gasteiger partial charge >= 0.3 is 6.18 Å². The fourth-order valence-corrected chi connectivity index (χ4v) is 3.98. The number of para-hydroxylation sites is 1. The van der Waals surface area contributed by atoms with Gasteiger partial charge in [-0.3, -0.25) is 4.79 Å². The SMILES string of the molecule is CCN1CCN(C(=O)c2ccc(-c3cc(C(F)(F)F)nn3-c3ccccc3Cl)cc2)CC1. The topological polar surface area (TPSA) is 41.4 Å². The Hall–Kier alpha value is -2.84. The van der Waals surface area contributed by atoms with E-state index in [9.17, 15) is 18.0 Å². The van der Waals surface area contributed by atoms with Crippen molar-refractivity contribution in [2.24, 2.45) is 0 Å². The number of nitrogens with zero attached hydrogens (tertiary/aromatic N) is 4. The Labute approximate surface area is 189 Å². The summed E-state index contributed by atoms with van der Waals surface area (Å²) in [5.41, 5.74) is 0.565. The van der Waals surface area contributed by atoms with Gasteiger partial charge in [-0.1, -0.05) is 42.8 Å². The Kier molecular flexibility index (Phi) is 6.26. The van der Waals surface area contributed by atoms with Crippen LogP contribution >= 0.6 is 11.6 Å². The second-order valence-electron chi connectivity index (χ2n) is 7.58. The summed E-state index contributed by atoms with van der Waals surface area (Å²) >= 11 is 6.22. The van der Waals surface area contributed by atoms with Crippen molar-refractivity contribution in [3.63, 3.8) is 0 Å². The summed E-state index contributed by atoms with van der Waals surface area (Å²) in [6, 6.07) is 14.1. The van der Waals surface area contributed by atoms with Crippen LogP contribution < -0.4 is 0 Å². The van der Waals surface area contributed by atoms with Crippen LogP contribution in [0.25, 0.3) is 16.9 Å². The number of likely N-dealkylation sites (N-methyl/N-ethyl adjacent to an activating group) is 1. The highest BCUT2D eigenvalue weighted by Crippen LogP contribution is 2.34. The Bertz CT molecular complexity index is 1100. The summed E-state index contributed by atoms with van der Waals surface area (Å²) in [6.45, 7) is 6.02. The van der Waals surface area contributed by atoms with Crippen molar-refractivity contribution in [3.05, 3.63) is 70.9 Å². The molecule has 0 N–H and O–H groups in total. The lowest BCUT2D eigenvalue weighted by atomic mass is 10.1. The molecular formula is C23H22ClF3N4O. The van der Waals surface area contributed by atoms with Gasteiger partial charge in [0, 0.05) is 37.3 Å². The Balaban J connectivity index is 1.65. The van der Waals surface area contributed by atoms with Crippen molar-refractivity contribution in [3.8, 4) is 16.9 Å². The molecule has 1 fully saturated rings. The number of hydrogen-bond acceptors (Lipinski definition) is 3. The second kappa shape index (κ2) is 8.96. The standard InChI is InChI=1S/C23H22ClF3N4O/c1-2-29-11-13-30(14-12-29)22(32)17-9-7-16(8-10-17)20-15-21(23(25,26)27)28-31(20)19-6-4-3-5-18(19)24/h3-10,15H,2,11-14H2,1H3. The van der Waals surface area contributed by atoms with Gasteiger partial charge in [0.05, 0.1) is 16.4 Å². The van der Waals surface area contributed by atoms with Crippen molar-refractivity contribution >= 4 is 17.5 Å². The predicted octanol–water partition coefficient (Wildman–Crippen LogP) is 4.99. The fraction of sp³-hybridized carbons (Fsp3) is 0.304. The lowest BCUT2D eigenvalue weighted by molar-refractivity contribution is -0.141. The molecule has 0 spiro atoms. The number of carbonyl (C=O) groups excluding carboxylic acids is 1. The van der Waals surface area contributed by atoms with E-state index in [0.29, 0.717) is 29.9 Å². The number of aromatic nitrogens is 2. The molecule has 1 amide bonds. The van der Waals surface area contributed by atoms with Crippen LogP contribution in [0, 0.1) is 0 Å². The average molecular weight is 463 g/mol. The van der Waals surface area contributed by atoms with Gasteiger partial charge in [-0.05, 0) is 36.9 Å². The van der Waals surface area contributed by atoms with Gasteiger partial charge in [-0.15, -0.1) is 0 Å². The number of benzene rings is 2. The zero-order chi connectivity index (χ0) is 22.9. The zero-order valence-corrected chi connectivity index (χ0v) is 18.2. The summed E-state index contributed by atoms with van der Waals surface area (Å²) in [5, 5.41) is 4.04. The number of carbonyl (C=O) groups is 1. The summed E-state index contributed by atoms with van der Waals surface area (Å²) < 4.78 is 41.3. The third-order valence-electron chi connectivity index (χ3n) is 5.61. The molecule has 0 atom stereocenters. The molecule has 1 aromatic heterocycles. The monoisotopic (exact) mass is 462 g/mol. The van der Waals surface area contributed by atoms with Crippen LogP contribution in [0.4, 0.5) is 13.2 Å². The molecule has 4 rings (SSSR count). The normalized spacial score (nSPS) is 15.2. The summed E-state index contributed by atoms with van der Waals surface area (Å²) in [5.74, 6) is -0.0807. The smallest absolute Gasteiger partial charge is 0.336 e. The van der Waals surface area contributed by atoms with E-state index < -0.39 is 11.9 Å². The van der Waals surface area contributed by atoms with E-state index >= 15 is 0 Å². The second-order valence-corrected chi connectivity index (χ2v) is 7.99. The maximum absolute atomic E-state index is 13.4. The molecule has 1 aliphatic rings. The van der Waals surface area contributed by atoms with Crippen LogP contribution in [0.3, 0.4) is 0 Å². The molecule has 2 heterocycles. The minimum Gasteiger partial charge on any atom is -0.336 e. The molecule has 0 bridgehead atoms. The van der Waals surface area contributed by atoms with Gasteiger partial charge in [0.1, 0.15) is 0 Å². The third kappa shape index (κ3) is 4.52. The first kappa shape index (κ1) is 22.4. The van der Waals surface area contributed by atoms with Crippen molar-refractivity contribution < 1.29 is 18.0 Å². The minimum absolute atomic E-state index is 0.0807. The first-order valence-corrected chi connectivity index (χ1v) is 10.7. The van der Waals surface area contributed by atoms with Gasteiger partial charge in [-0.25, -0.2) is 4.68 Å². The zero-order valence-electron chi connectivity index (χ0n) is 17.4. The first-order valence-electron chi connectivity index (χ1n) is 10.3. The van der Waals surface area contributed by atoms with E-state index in [2.05, 4.69) is 16.9 Å². The van der Waals surface area contributed by atoms with E-state index in [-0.39, 0.29) is 16.6 Å². The van der Waals surface area contributed by atoms with E-state index in [0.717, 1.165) is 25.7 Å². The molecule has 5 nitrogen and oxygen atoms in total. The highest BCUT2D eigenvalue weighted by molar-refractivity contribution is 6.32. The molecule has 0 aliphatic carbocycles. The molecule has 168 valence electrons. The van der Waals surface area contributed by atoms with Crippen molar-refractivity contribution in [2.45, 2.75) is 13.1 Å². The van der Waals surface area contributed by atoms with Crippen LogP contribution in [0.2, 0.25) is 5.02 Å². The lowest BCUT2D eigenvalue weighted by Gasteiger charge is -2.34. The van der Waals surface area contributed by atoms with Gasteiger partial charge in [0.15, 0.2) is 5.69 Å². The number of rotatable bonds is 4. The van der Waals surface area contributed by atoms with Gasteiger partial charge in [0.25, 0.3) is 5.91 Å². The van der Waals surface area contributed by atoms with Crippen LogP contribution in [-0.2, 0) is 6.18 Å². The number of halogens is 4. The van der Waals surface area contributed by atoms with E-state index in [1.807, 2.05) is 0 Å². The first-order chi connectivity index (χ1) is 15.3. The highest BCUT2D eigenvalue weighted by atomic mass is 35.5. The molecule has 1 aliphatic heterocycles. The van der Waals surface area contributed by atoms with Gasteiger partial charge in [0.2, 0.25) is 0 Å². The maximum Gasteiger partial charge on any atom is 0.435 e. The molecule has 0 saturated carbocycles. The van der Waals surface area contributed by atoms with Gasteiger partial charge in [-0.2, -0.15) is 18.3 Å². The molecule has 1 saturated heterocycles. The summed E-state index contributed by atoms with van der Waals surface area (Å²) in [6.07, 6.45) is -4.60. The van der Waals surface area contributed by atoms with Crippen LogP contribution in [-0.4, -0.2) is 58.2 Å². The average Bonchev–Trinajstić information content (AvgIpc) is 3.25. The van der Waals surface area contributed by atoms with Gasteiger partial charge < -0.3 is 9.80 Å². The van der Waals surface area contributed by atoms with Crippen LogP contribution in [0.5, 0.6) is 0 Å². The molecular weight excluding hydrogens is 441 g/mol. The molecule has 9 heteroatoms.